The highest BCUT2D eigenvalue weighted by molar-refractivity contribution is 7.71. The van der Waals surface area contributed by atoms with Gasteiger partial charge in [0.25, 0.3) is 0 Å². The molecule has 1 N–H and O–H groups in total. The van der Waals surface area contributed by atoms with Gasteiger partial charge in [-0.15, -0.1) is 0 Å². The van der Waals surface area contributed by atoms with E-state index in [-0.39, 0.29) is 10.5 Å². The Morgan fingerprint density at radius 1 is 1.13 bits per heavy atom. The highest BCUT2D eigenvalue weighted by Gasteiger charge is 2.11. The van der Waals surface area contributed by atoms with Gasteiger partial charge in [-0.2, -0.15) is 5.10 Å². The SMILES string of the molecule is Fc1cc(F)c(-n2cn[nH]c2=S)cc1F. The van der Waals surface area contributed by atoms with Gasteiger partial charge in [0.15, 0.2) is 16.4 Å². The lowest BCUT2D eigenvalue weighted by molar-refractivity contribution is 0.492. The van der Waals surface area contributed by atoms with Gasteiger partial charge in [-0.05, 0) is 12.2 Å². The van der Waals surface area contributed by atoms with Crippen LogP contribution >= 0.6 is 12.2 Å². The molecule has 0 atom stereocenters. The number of hydrogen-bond donors (Lipinski definition) is 1. The van der Waals surface area contributed by atoms with Crippen molar-refractivity contribution in [3.63, 3.8) is 0 Å². The van der Waals surface area contributed by atoms with Crippen molar-refractivity contribution in [3.8, 4) is 5.69 Å². The minimum Gasteiger partial charge on any atom is -0.272 e. The van der Waals surface area contributed by atoms with E-state index in [0.717, 1.165) is 10.6 Å². The van der Waals surface area contributed by atoms with Gasteiger partial charge in [0.05, 0.1) is 5.69 Å². The summed E-state index contributed by atoms with van der Waals surface area (Å²) in [5.41, 5.74) is -0.187. The van der Waals surface area contributed by atoms with Crippen LogP contribution in [0.25, 0.3) is 5.69 Å². The number of rotatable bonds is 1. The van der Waals surface area contributed by atoms with E-state index in [2.05, 4.69) is 10.2 Å². The van der Waals surface area contributed by atoms with E-state index in [0.29, 0.717) is 6.07 Å². The van der Waals surface area contributed by atoms with Crippen molar-refractivity contribution in [1.82, 2.24) is 14.8 Å². The van der Waals surface area contributed by atoms with Crippen molar-refractivity contribution in [1.29, 1.82) is 0 Å². The second kappa shape index (κ2) is 3.50. The highest BCUT2D eigenvalue weighted by Crippen LogP contribution is 2.17. The van der Waals surface area contributed by atoms with E-state index in [1.54, 1.807) is 0 Å². The van der Waals surface area contributed by atoms with Crippen LogP contribution in [0.1, 0.15) is 0 Å². The van der Waals surface area contributed by atoms with Gasteiger partial charge in [0, 0.05) is 12.1 Å². The molecule has 15 heavy (non-hydrogen) atoms. The molecule has 7 heteroatoms. The van der Waals surface area contributed by atoms with E-state index in [1.807, 2.05) is 0 Å². The number of nitrogens with one attached hydrogen (secondary N) is 1. The first-order valence-electron chi connectivity index (χ1n) is 3.86. The summed E-state index contributed by atoms with van der Waals surface area (Å²) in [7, 11) is 0. The Bertz CT molecular complexity index is 560. The standard InChI is InChI=1S/C8H4F3N3S/c9-4-1-6(11)7(2-5(4)10)14-3-12-13-8(14)15/h1-3H,(H,13,15). The number of halogens is 3. The zero-order valence-corrected chi connectivity index (χ0v) is 7.99. The minimum atomic E-state index is -1.24. The van der Waals surface area contributed by atoms with Crippen molar-refractivity contribution in [2.24, 2.45) is 0 Å². The first-order chi connectivity index (χ1) is 7.09. The maximum absolute atomic E-state index is 13.3. The van der Waals surface area contributed by atoms with Crippen LogP contribution in [0.5, 0.6) is 0 Å². The average Bonchev–Trinajstić information content (AvgIpc) is 2.58. The van der Waals surface area contributed by atoms with Gasteiger partial charge in [0.1, 0.15) is 12.1 Å². The Kier molecular flexibility index (Phi) is 2.31. The van der Waals surface area contributed by atoms with Crippen LogP contribution in [0.4, 0.5) is 13.2 Å². The minimum absolute atomic E-state index is 0.0971. The fraction of sp³-hybridized carbons (Fsp3) is 0. The van der Waals surface area contributed by atoms with Crippen LogP contribution in [0.2, 0.25) is 0 Å². The van der Waals surface area contributed by atoms with Gasteiger partial charge in [-0.3, -0.25) is 9.67 Å². The van der Waals surface area contributed by atoms with E-state index in [4.69, 9.17) is 12.2 Å². The molecular weight excluding hydrogens is 227 g/mol. The van der Waals surface area contributed by atoms with Gasteiger partial charge < -0.3 is 0 Å². The number of hydrogen-bond acceptors (Lipinski definition) is 2. The highest BCUT2D eigenvalue weighted by atomic mass is 32.1. The zero-order chi connectivity index (χ0) is 11.0. The van der Waals surface area contributed by atoms with Crippen LogP contribution in [-0.2, 0) is 0 Å². The lowest BCUT2D eigenvalue weighted by atomic mass is 10.3. The third kappa shape index (κ3) is 1.65. The summed E-state index contributed by atoms with van der Waals surface area (Å²) in [5, 5.41) is 5.92. The summed E-state index contributed by atoms with van der Waals surface area (Å²) in [6.07, 6.45) is 1.18. The Morgan fingerprint density at radius 3 is 2.40 bits per heavy atom. The first kappa shape index (κ1) is 9.91. The molecule has 0 saturated carbocycles. The number of nitrogens with zero attached hydrogens (tertiary/aromatic N) is 2. The molecule has 3 nitrogen and oxygen atoms in total. The molecular formula is C8H4F3N3S. The topological polar surface area (TPSA) is 33.6 Å². The van der Waals surface area contributed by atoms with Crippen molar-refractivity contribution in [2.45, 2.75) is 0 Å². The fourth-order valence-electron chi connectivity index (χ4n) is 1.12. The van der Waals surface area contributed by atoms with Gasteiger partial charge in [-0.25, -0.2) is 13.2 Å². The number of H-pyrrole nitrogens is 1. The maximum atomic E-state index is 13.3. The van der Waals surface area contributed by atoms with Crippen molar-refractivity contribution in [3.05, 3.63) is 40.7 Å². The smallest absolute Gasteiger partial charge is 0.199 e. The molecule has 0 aliphatic rings. The van der Waals surface area contributed by atoms with Gasteiger partial charge >= 0.3 is 0 Å². The van der Waals surface area contributed by atoms with E-state index in [9.17, 15) is 13.2 Å². The maximum Gasteiger partial charge on any atom is 0.199 e. The molecule has 0 unspecified atom stereocenters. The summed E-state index contributed by atoms with van der Waals surface area (Å²) in [5.74, 6) is -3.30. The Hall–Kier alpha value is -1.63. The molecule has 2 aromatic rings. The second-order valence-corrected chi connectivity index (χ2v) is 3.14. The molecule has 0 fully saturated rings. The van der Waals surface area contributed by atoms with Crippen molar-refractivity contribution >= 4 is 12.2 Å². The summed E-state index contributed by atoms with van der Waals surface area (Å²) < 4.78 is 40.0. The van der Waals surface area contributed by atoms with E-state index >= 15 is 0 Å². The van der Waals surface area contributed by atoms with Crippen molar-refractivity contribution < 1.29 is 13.2 Å². The average molecular weight is 231 g/mol. The molecule has 0 aliphatic heterocycles. The molecule has 0 aliphatic carbocycles. The normalized spacial score (nSPS) is 10.6. The molecule has 1 heterocycles. The molecule has 0 amide bonds. The van der Waals surface area contributed by atoms with Gasteiger partial charge in [0.2, 0.25) is 0 Å². The number of aromatic nitrogens is 3. The monoisotopic (exact) mass is 231 g/mol. The van der Waals surface area contributed by atoms with Crippen molar-refractivity contribution in [2.75, 3.05) is 0 Å². The predicted octanol–water partition coefficient (Wildman–Crippen LogP) is 2.35. The second-order valence-electron chi connectivity index (χ2n) is 2.75. The quantitative estimate of drug-likeness (QED) is 0.603. The Balaban J connectivity index is 2.69. The molecule has 0 spiro atoms. The van der Waals surface area contributed by atoms with E-state index < -0.39 is 17.5 Å². The molecule has 0 bridgehead atoms. The lowest BCUT2D eigenvalue weighted by Gasteiger charge is -2.03. The molecule has 78 valence electrons. The summed E-state index contributed by atoms with van der Waals surface area (Å²) in [4.78, 5) is 0. The van der Waals surface area contributed by atoms with Crippen LogP contribution in [0.3, 0.4) is 0 Å². The predicted molar refractivity (Wildman–Crippen MR) is 48.6 cm³/mol. The lowest BCUT2D eigenvalue weighted by Crippen LogP contribution is -1.99. The van der Waals surface area contributed by atoms with Crippen LogP contribution in [0.15, 0.2) is 18.5 Å². The number of aromatic amines is 1. The zero-order valence-electron chi connectivity index (χ0n) is 7.17. The number of benzene rings is 1. The summed E-state index contributed by atoms with van der Waals surface area (Å²) in [6, 6.07) is 1.18. The molecule has 0 saturated heterocycles. The molecule has 1 aromatic carbocycles. The first-order valence-corrected chi connectivity index (χ1v) is 4.27. The van der Waals surface area contributed by atoms with Gasteiger partial charge in [-0.1, -0.05) is 0 Å². The fourth-order valence-corrected chi connectivity index (χ4v) is 1.31. The molecule has 0 radical (unpaired) electrons. The molecule has 2 rings (SSSR count). The summed E-state index contributed by atoms with van der Waals surface area (Å²) >= 11 is 4.77. The Labute approximate surface area is 87.2 Å². The largest absolute Gasteiger partial charge is 0.272 e. The van der Waals surface area contributed by atoms with Crippen LogP contribution in [0, 0.1) is 22.2 Å². The molecule has 1 aromatic heterocycles. The summed E-state index contributed by atoms with van der Waals surface area (Å²) in [6.45, 7) is 0. The van der Waals surface area contributed by atoms with Crippen LogP contribution in [-0.4, -0.2) is 14.8 Å². The third-order valence-corrected chi connectivity index (χ3v) is 2.09. The van der Waals surface area contributed by atoms with Crippen LogP contribution < -0.4 is 0 Å². The third-order valence-electron chi connectivity index (χ3n) is 1.80. The Morgan fingerprint density at radius 2 is 1.80 bits per heavy atom. The van der Waals surface area contributed by atoms with E-state index in [1.165, 1.54) is 6.33 Å².